The smallest absolute Gasteiger partial charge is 0.338 e. The summed E-state index contributed by atoms with van der Waals surface area (Å²) in [6.45, 7) is 10.7. The first-order valence-corrected chi connectivity index (χ1v) is 8.41. The number of imide groups is 1. The number of aromatic amines is 1. The molecule has 1 heterocycles. The Balaban J connectivity index is 2.03. The molecule has 0 spiro atoms. The summed E-state index contributed by atoms with van der Waals surface area (Å²) in [5.74, 6) is -1.31. The van der Waals surface area contributed by atoms with E-state index in [9.17, 15) is 14.4 Å². The summed E-state index contributed by atoms with van der Waals surface area (Å²) in [6.07, 6.45) is -1.10. The number of esters is 1. The zero-order valence-corrected chi connectivity index (χ0v) is 15.9. The van der Waals surface area contributed by atoms with Gasteiger partial charge in [0.2, 0.25) is 0 Å². The lowest BCUT2D eigenvalue weighted by Crippen LogP contribution is -2.50. The van der Waals surface area contributed by atoms with Gasteiger partial charge in [-0.1, -0.05) is 0 Å². The molecular formula is C19H25N3O4. The van der Waals surface area contributed by atoms with Gasteiger partial charge in [0.15, 0.2) is 6.10 Å². The van der Waals surface area contributed by atoms with Gasteiger partial charge in [-0.15, -0.1) is 0 Å². The number of ether oxygens (including phenoxy) is 1. The third-order valence-corrected chi connectivity index (χ3v) is 3.92. The molecule has 0 aliphatic heterocycles. The minimum atomic E-state index is -1.10. The lowest BCUT2D eigenvalue weighted by Gasteiger charge is -2.21. The summed E-state index contributed by atoms with van der Waals surface area (Å²) in [5, 5.41) is 5.70. The van der Waals surface area contributed by atoms with Crippen LogP contribution in [0.5, 0.6) is 0 Å². The Morgan fingerprint density at radius 1 is 1.15 bits per heavy atom. The van der Waals surface area contributed by atoms with E-state index in [1.165, 1.54) is 6.92 Å². The van der Waals surface area contributed by atoms with E-state index in [2.05, 4.69) is 15.6 Å². The molecule has 3 amide bonds. The summed E-state index contributed by atoms with van der Waals surface area (Å²) >= 11 is 0. The molecule has 0 saturated carbocycles. The Morgan fingerprint density at radius 3 is 2.42 bits per heavy atom. The summed E-state index contributed by atoms with van der Waals surface area (Å²) in [7, 11) is 0. The van der Waals surface area contributed by atoms with Gasteiger partial charge < -0.3 is 15.0 Å². The highest BCUT2D eigenvalue weighted by molar-refractivity contribution is 6.00. The van der Waals surface area contributed by atoms with Gasteiger partial charge in [-0.25, -0.2) is 9.59 Å². The van der Waals surface area contributed by atoms with E-state index >= 15 is 0 Å². The number of aromatic nitrogens is 1. The second kappa shape index (κ2) is 7.19. The van der Waals surface area contributed by atoms with Crippen molar-refractivity contribution in [2.24, 2.45) is 0 Å². The molecule has 2 aromatic rings. The maximum atomic E-state index is 12.3. The van der Waals surface area contributed by atoms with Crippen LogP contribution in [-0.4, -0.2) is 34.5 Å². The molecule has 7 heteroatoms. The minimum absolute atomic E-state index is 0.346. The van der Waals surface area contributed by atoms with Crippen molar-refractivity contribution in [2.75, 3.05) is 0 Å². The maximum absolute atomic E-state index is 12.3. The van der Waals surface area contributed by atoms with Crippen LogP contribution < -0.4 is 10.6 Å². The molecule has 0 radical (unpaired) electrons. The number of H-pyrrole nitrogens is 1. The molecule has 2 rings (SSSR count). The molecule has 0 saturated heterocycles. The van der Waals surface area contributed by atoms with Crippen LogP contribution in [0.1, 0.15) is 49.3 Å². The van der Waals surface area contributed by atoms with Crippen molar-refractivity contribution in [1.82, 2.24) is 15.6 Å². The number of benzene rings is 1. The summed E-state index contributed by atoms with van der Waals surface area (Å²) in [6, 6.07) is 4.53. The first kappa shape index (κ1) is 19.5. The third-order valence-electron chi connectivity index (χ3n) is 3.92. The SMILES string of the molecule is Cc1[nH]c2ccc(C(=O)OC(C)C(=O)NC(=O)NC(C)(C)C)cc2c1C. The van der Waals surface area contributed by atoms with Gasteiger partial charge >= 0.3 is 12.0 Å². The number of amides is 3. The lowest BCUT2D eigenvalue weighted by atomic mass is 10.1. The second-order valence-corrected chi connectivity index (χ2v) is 7.38. The van der Waals surface area contributed by atoms with E-state index in [4.69, 9.17) is 4.74 Å². The van der Waals surface area contributed by atoms with Crippen molar-refractivity contribution >= 4 is 28.8 Å². The Morgan fingerprint density at radius 2 is 1.81 bits per heavy atom. The molecule has 1 aromatic carbocycles. The highest BCUT2D eigenvalue weighted by Crippen LogP contribution is 2.22. The fourth-order valence-electron chi connectivity index (χ4n) is 2.46. The zero-order valence-electron chi connectivity index (χ0n) is 15.9. The van der Waals surface area contributed by atoms with E-state index in [1.807, 2.05) is 13.8 Å². The van der Waals surface area contributed by atoms with E-state index in [0.29, 0.717) is 5.56 Å². The zero-order chi connectivity index (χ0) is 19.6. The number of nitrogens with one attached hydrogen (secondary N) is 3. The van der Waals surface area contributed by atoms with E-state index < -0.39 is 29.6 Å². The number of carbonyl (C=O) groups is 3. The fourth-order valence-corrected chi connectivity index (χ4v) is 2.46. The maximum Gasteiger partial charge on any atom is 0.338 e. The van der Waals surface area contributed by atoms with Crippen molar-refractivity contribution in [3.8, 4) is 0 Å². The van der Waals surface area contributed by atoms with Crippen LogP contribution in [0.25, 0.3) is 10.9 Å². The molecule has 0 fully saturated rings. The predicted octanol–water partition coefficient (Wildman–Crippen LogP) is 2.95. The van der Waals surface area contributed by atoms with Crippen LogP contribution >= 0.6 is 0 Å². The Bertz CT molecular complexity index is 862. The molecule has 140 valence electrons. The molecule has 0 bridgehead atoms. The van der Waals surface area contributed by atoms with Gasteiger partial charge in [-0.3, -0.25) is 10.1 Å². The molecule has 3 N–H and O–H groups in total. The van der Waals surface area contributed by atoms with Gasteiger partial charge in [0, 0.05) is 22.1 Å². The molecule has 1 atom stereocenters. The second-order valence-electron chi connectivity index (χ2n) is 7.38. The molecule has 1 aromatic heterocycles. The van der Waals surface area contributed by atoms with E-state index in [1.54, 1.807) is 39.0 Å². The van der Waals surface area contributed by atoms with Crippen LogP contribution in [0, 0.1) is 13.8 Å². The number of carbonyl (C=O) groups excluding carboxylic acids is 3. The van der Waals surface area contributed by atoms with E-state index in [-0.39, 0.29) is 0 Å². The van der Waals surface area contributed by atoms with Crippen LogP contribution in [0.4, 0.5) is 4.79 Å². The fraction of sp³-hybridized carbons (Fsp3) is 0.421. The lowest BCUT2D eigenvalue weighted by molar-refractivity contribution is -0.127. The minimum Gasteiger partial charge on any atom is -0.449 e. The van der Waals surface area contributed by atoms with Crippen molar-refractivity contribution in [3.05, 3.63) is 35.0 Å². The van der Waals surface area contributed by atoms with Crippen LogP contribution in [0.2, 0.25) is 0 Å². The van der Waals surface area contributed by atoms with Crippen LogP contribution in [0.3, 0.4) is 0 Å². The third kappa shape index (κ3) is 4.62. The summed E-state index contributed by atoms with van der Waals surface area (Å²) < 4.78 is 5.18. The molecule has 26 heavy (non-hydrogen) atoms. The van der Waals surface area contributed by atoms with Crippen LogP contribution in [0.15, 0.2) is 18.2 Å². The van der Waals surface area contributed by atoms with Crippen molar-refractivity contribution < 1.29 is 19.1 Å². The van der Waals surface area contributed by atoms with Crippen molar-refractivity contribution in [2.45, 2.75) is 53.2 Å². The molecule has 7 nitrogen and oxygen atoms in total. The number of hydrogen-bond donors (Lipinski definition) is 3. The average molecular weight is 359 g/mol. The standard InChI is InChI=1S/C19H25N3O4/c1-10-11(2)20-15-8-7-13(9-14(10)15)17(24)26-12(3)16(23)21-18(25)22-19(4,5)6/h7-9,12,20H,1-6H3,(H2,21,22,23,25). The van der Waals surface area contributed by atoms with Crippen molar-refractivity contribution in [3.63, 3.8) is 0 Å². The average Bonchev–Trinajstić information content (AvgIpc) is 2.79. The first-order valence-electron chi connectivity index (χ1n) is 8.41. The summed E-state index contributed by atoms with van der Waals surface area (Å²) in [4.78, 5) is 39.3. The number of urea groups is 1. The van der Waals surface area contributed by atoms with Crippen molar-refractivity contribution in [1.29, 1.82) is 0 Å². The quantitative estimate of drug-likeness (QED) is 0.734. The van der Waals surface area contributed by atoms with Gasteiger partial charge in [0.25, 0.3) is 5.91 Å². The Labute approximate surface area is 152 Å². The number of fused-ring (bicyclic) bond motifs is 1. The van der Waals surface area contributed by atoms with Gasteiger partial charge in [0.1, 0.15) is 0 Å². The number of rotatable bonds is 3. The number of hydrogen-bond acceptors (Lipinski definition) is 4. The molecular weight excluding hydrogens is 334 g/mol. The topological polar surface area (TPSA) is 100 Å². The normalized spacial score (nSPS) is 12.5. The van der Waals surface area contributed by atoms with Gasteiger partial charge in [-0.05, 0) is 65.3 Å². The monoisotopic (exact) mass is 359 g/mol. The Kier molecular flexibility index (Phi) is 5.39. The van der Waals surface area contributed by atoms with Gasteiger partial charge in [0.05, 0.1) is 5.56 Å². The van der Waals surface area contributed by atoms with E-state index in [0.717, 1.165) is 22.2 Å². The summed E-state index contributed by atoms with van der Waals surface area (Å²) in [5.41, 5.74) is 2.88. The highest BCUT2D eigenvalue weighted by Gasteiger charge is 2.23. The van der Waals surface area contributed by atoms with Gasteiger partial charge in [-0.2, -0.15) is 0 Å². The molecule has 0 aliphatic rings. The highest BCUT2D eigenvalue weighted by atomic mass is 16.5. The Hall–Kier alpha value is -2.83. The molecule has 1 unspecified atom stereocenters. The first-order chi connectivity index (χ1) is 12.0. The van der Waals surface area contributed by atoms with Crippen LogP contribution in [-0.2, 0) is 9.53 Å². The predicted molar refractivity (Wildman–Crippen MR) is 99.1 cm³/mol. The largest absolute Gasteiger partial charge is 0.449 e. The molecule has 0 aliphatic carbocycles. The number of aryl methyl sites for hydroxylation is 2.